The number of hydrogen-bond donors (Lipinski definition) is 2. The molecule has 15 heavy (non-hydrogen) atoms. The van der Waals surface area contributed by atoms with Crippen LogP contribution in [-0.4, -0.2) is 24.0 Å². The Morgan fingerprint density at radius 2 is 2.27 bits per heavy atom. The molecule has 0 aliphatic heterocycles. The number of halogens is 1. The fourth-order valence-electron chi connectivity index (χ4n) is 1.31. The molecular formula is C11H16FNOS. The average molecular weight is 229 g/mol. The second kappa shape index (κ2) is 6.10. The van der Waals surface area contributed by atoms with E-state index < -0.39 is 6.10 Å². The quantitative estimate of drug-likeness (QED) is 0.757. The minimum absolute atomic E-state index is 0.189. The van der Waals surface area contributed by atoms with Crippen molar-refractivity contribution in [2.75, 3.05) is 12.8 Å². The third kappa shape index (κ3) is 3.81. The molecule has 3 N–H and O–H groups in total. The predicted molar refractivity (Wildman–Crippen MR) is 61.6 cm³/mol. The van der Waals surface area contributed by atoms with E-state index in [0.717, 1.165) is 12.0 Å². The lowest BCUT2D eigenvalue weighted by Crippen LogP contribution is -2.20. The Hall–Kier alpha value is -0.580. The van der Waals surface area contributed by atoms with Crippen LogP contribution in [0.4, 0.5) is 4.39 Å². The molecule has 0 aliphatic rings. The van der Waals surface area contributed by atoms with Gasteiger partial charge in [0.2, 0.25) is 0 Å². The molecule has 1 atom stereocenters. The summed E-state index contributed by atoms with van der Waals surface area (Å²) >= 11 is 1.39. The summed E-state index contributed by atoms with van der Waals surface area (Å²) in [5.41, 5.74) is 6.34. The molecule has 1 aromatic rings. The predicted octanol–water partition coefficient (Wildman–Crippen LogP) is 1.80. The van der Waals surface area contributed by atoms with Crippen LogP contribution < -0.4 is 5.73 Å². The van der Waals surface area contributed by atoms with E-state index in [1.54, 1.807) is 6.07 Å². The lowest BCUT2D eigenvalue weighted by Gasteiger charge is -2.08. The van der Waals surface area contributed by atoms with E-state index in [1.165, 1.54) is 17.8 Å². The molecule has 1 rings (SSSR count). The van der Waals surface area contributed by atoms with E-state index in [-0.39, 0.29) is 12.4 Å². The van der Waals surface area contributed by atoms with Crippen LogP contribution in [0.3, 0.4) is 0 Å². The molecule has 0 bridgehead atoms. The van der Waals surface area contributed by atoms with Gasteiger partial charge in [0, 0.05) is 11.4 Å². The molecule has 84 valence electrons. The first-order valence-corrected chi connectivity index (χ1v) is 6.10. The molecule has 4 heteroatoms. The Morgan fingerprint density at radius 3 is 2.87 bits per heavy atom. The highest BCUT2D eigenvalue weighted by atomic mass is 32.2. The van der Waals surface area contributed by atoms with Gasteiger partial charge in [-0.15, -0.1) is 11.8 Å². The Morgan fingerprint density at radius 1 is 1.53 bits per heavy atom. The molecule has 0 saturated carbocycles. The maximum Gasteiger partial charge on any atom is 0.136 e. The Kier molecular flexibility index (Phi) is 5.08. The zero-order chi connectivity index (χ0) is 11.3. The number of hydrogen-bond acceptors (Lipinski definition) is 3. The summed E-state index contributed by atoms with van der Waals surface area (Å²) in [4.78, 5) is 0.648. The van der Waals surface area contributed by atoms with Gasteiger partial charge in [-0.2, -0.15) is 0 Å². The van der Waals surface area contributed by atoms with Gasteiger partial charge in [0.25, 0.3) is 0 Å². The Balaban J connectivity index is 2.62. The molecule has 0 aliphatic carbocycles. The summed E-state index contributed by atoms with van der Waals surface area (Å²) in [5.74, 6) is -0.189. The fourth-order valence-corrected chi connectivity index (χ4v) is 1.84. The van der Waals surface area contributed by atoms with Crippen LogP contribution in [-0.2, 0) is 6.42 Å². The van der Waals surface area contributed by atoms with Gasteiger partial charge < -0.3 is 10.8 Å². The van der Waals surface area contributed by atoms with Crippen molar-refractivity contribution in [3.05, 3.63) is 29.6 Å². The number of aliphatic hydroxyl groups excluding tert-OH is 1. The summed E-state index contributed by atoms with van der Waals surface area (Å²) in [5, 5.41) is 9.30. The van der Waals surface area contributed by atoms with Crippen molar-refractivity contribution in [3.63, 3.8) is 0 Å². The molecule has 0 radical (unpaired) electrons. The summed E-state index contributed by atoms with van der Waals surface area (Å²) in [6.07, 6.45) is 2.73. The third-order valence-corrected chi connectivity index (χ3v) is 3.01. The minimum atomic E-state index is -0.465. The monoisotopic (exact) mass is 229 g/mol. The van der Waals surface area contributed by atoms with E-state index in [9.17, 15) is 9.50 Å². The molecular weight excluding hydrogens is 213 g/mol. The van der Waals surface area contributed by atoms with Crippen LogP contribution in [0.2, 0.25) is 0 Å². The number of aliphatic hydroxyl groups is 1. The number of thioether (sulfide) groups is 1. The Bertz CT molecular complexity index is 319. The molecule has 2 nitrogen and oxygen atoms in total. The van der Waals surface area contributed by atoms with Crippen molar-refractivity contribution < 1.29 is 9.50 Å². The van der Waals surface area contributed by atoms with Gasteiger partial charge in [0.05, 0.1) is 6.10 Å². The number of benzene rings is 1. The molecule has 0 fully saturated rings. The SMILES string of the molecule is CSc1cc(CCC(O)CN)ccc1F. The Labute approximate surface area is 93.7 Å². The van der Waals surface area contributed by atoms with Crippen LogP contribution in [0, 0.1) is 5.82 Å². The first-order chi connectivity index (χ1) is 7.17. The van der Waals surface area contributed by atoms with E-state index in [0.29, 0.717) is 11.3 Å². The van der Waals surface area contributed by atoms with Crippen molar-refractivity contribution in [1.82, 2.24) is 0 Å². The normalized spacial score (nSPS) is 12.8. The van der Waals surface area contributed by atoms with Crippen molar-refractivity contribution in [3.8, 4) is 0 Å². The zero-order valence-electron chi connectivity index (χ0n) is 8.74. The fraction of sp³-hybridized carbons (Fsp3) is 0.455. The van der Waals surface area contributed by atoms with Crippen LogP contribution >= 0.6 is 11.8 Å². The zero-order valence-corrected chi connectivity index (χ0v) is 9.56. The van der Waals surface area contributed by atoms with Crippen LogP contribution in [0.1, 0.15) is 12.0 Å². The van der Waals surface area contributed by atoms with Gasteiger partial charge in [-0.1, -0.05) is 6.07 Å². The van der Waals surface area contributed by atoms with Crippen molar-refractivity contribution in [1.29, 1.82) is 0 Å². The van der Waals surface area contributed by atoms with E-state index >= 15 is 0 Å². The molecule has 1 unspecified atom stereocenters. The summed E-state index contributed by atoms with van der Waals surface area (Å²) in [6.45, 7) is 0.274. The minimum Gasteiger partial charge on any atom is -0.392 e. The number of rotatable bonds is 5. The van der Waals surface area contributed by atoms with Gasteiger partial charge in [-0.3, -0.25) is 0 Å². The average Bonchev–Trinajstić information content (AvgIpc) is 2.27. The second-order valence-corrected chi connectivity index (χ2v) is 4.25. The molecule has 0 spiro atoms. The van der Waals surface area contributed by atoms with Gasteiger partial charge >= 0.3 is 0 Å². The first-order valence-electron chi connectivity index (χ1n) is 4.88. The summed E-state index contributed by atoms with van der Waals surface area (Å²) < 4.78 is 13.1. The van der Waals surface area contributed by atoms with Crippen LogP contribution in [0.25, 0.3) is 0 Å². The van der Waals surface area contributed by atoms with Crippen molar-refractivity contribution >= 4 is 11.8 Å². The van der Waals surface area contributed by atoms with Crippen molar-refractivity contribution in [2.45, 2.75) is 23.8 Å². The van der Waals surface area contributed by atoms with Gasteiger partial charge in [0.15, 0.2) is 0 Å². The second-order valence-electron chi connectivity index (χ2n) is 3.40. The maximum absolute atomic E-state index is 13.1. The molecule has 0 saturated heterocycles. The summed E-state index contributed by atoms with van der Waals surface area (Å²) in [7, 11) is 0. The highest BCUT2D eigenvalue weighted by Crippen LogP contribution is 2.21. The first kappa shape index (κ1) is 12.5. The van der Waals surface area contributed by atoms with Gasteiger partial charge in [-0.05, 0) is 36.8 Å². The van der Waals surface area contributed by atoms with Crippen LogP contribution in [0.5, 0.6) is 0 Å². The lowest BCUT2D eigenvalue weighted by atomic mass is 10.1. The molecule has 0 heterocycles. The molecule has 0 amide bonds. The van der Waals surface area contributed by atoms with Gasteiger partial charge in [-0.25, -0.2) is 4.39 Å². The third-order valence-electron chi connectivity index (χ3n) is 2.25. The summed E-state index contributed by atoms with van der Waals surface area (Å²) in [6, 6.07) is 5.04. The largest absolute Gasteiger partial charge is 0.392 e. The topological polar surface area (TPSA) is 46.2 Å². The van der Waals surface area contributed by atoms with E-state index in [2.05, 4.69) is 0 Å². The molecule has 1 aromatic carbocycles. The van der Waals surface area contributed by atoms with Crippen molar-refractivity contribution in [2.24, 2.45) is 5.73 Å². The maximum atomic E-state index is 13.1. The number of aryl methyl sites for hydroxylation is 1. The van der Waals surface area contributed by atoms with E-state index in [4.69, 9.17) is 5.73 Å². The number of nitrogens with two attached hydrogens (primary N) is 1. The smallest absolute Gasteiger partial charge is 0.136 e. The lowest BCUT2D eigenvalue weighted by molar-refractivity contribution is 0.173. The van der Waals surface area contributed by atoms with E-state index in [1.807, 2.05) is 12.3 Å². The van der Waals surface area contributed by atoms with Gasteiger partial charge in [0.1, 0.15) is 5.82 Å². The highest BCUT2D eigenvalue weighted by Gasteiger charge is 2.05. The highest BCUT2D eigenvalue weighted by molar-refractivity contribution is 7.98. The standard InChI is InChI=1S/C11H16FNOS/c1-15-11-6-8(3-5-10(11)12)2-4-9(14)7-13/h3,5-6,9,14H,2,4,7,13H2,1H3. The molecule has 0 aromatic heterocycles. The van der Waals surface area contributed by atoms with Crippen LogP contribution in [0.15, 0.2) is 23.1 Å².